The predicted molar refractivity (Wildman–Crippen MR) is 139 cm³/mol. The maximum Gasteiger partial charge on any atom is 0.326 e. The largest absolute Gasteiger partial charge is 0.492 e. The number of carbonyl (C=O) groups excluding carboxylic acids is 1. The van der Waals surface area contributed by atoms with Gasteiger partial charge in [0.25, 0.3) is 0 Å². The van der Waals surface area contributed by atoms with Crippen LogP contribution in [0, 0.1) is 17.2 Å². The average Bonchev–Trinajstić information content (AvgIpc) is 3.34. The topological polar surface area (TPSA) is 92.4 Å². The summed E-state index contributed by atoms with van der Waals surface area (Å²) >= 11 is 0. The van der Waals surface area contributed by atoms with Crippen molar-refractivity contribution in [2.75, 3.05) is 40.0 Å². The van der Waals surface area contributed by atoms with Crippen molar-refractivity contribution in [1.82, 2.24) is 19.8 Å². The Hall–Kier alpha value is -4.16. The first-order valence-corrected chi connectivity index (χ1v) is 12.3. The second-order valence-corrected chi connectivity index (χ2v) is 9.27. The van der Waals surface area contributed by atoms with E-state index in [1.165, 1.54) is 4.57 Å². The molecule has 190 valence electrons. The molecule has 1 amide bonds. The summed E-state index contributed by atoms with van der Waals surface area (Å²) in [5.74, 6) is 2.14. The second-order valence-electron chi connectivity index (χ2n) is 9.27. The molecular weight excluding hydrogens is 473 g/mol. The molecule has 0 spiro atoms. The molecule has 1 fully saturated rings. The van der Waals surface area contributed by atoms with Gasteiger partial charge in [-0.1, -0.05) is 0 Å². The van der Waals surface area contributed by atoms with E-state index in [0.717, 1.165) is 31.3 Å². The molecule has 1 aliphatic rings. The average molecular weight is 502 g/mol. The minimum atomic E-state index is -0.623. The van der Waals surface area contributed by atoms with E-state index < -0.39 is 6.67 Å². The summed E-state index contributed by atoms with van der Waals surface area (Å²) in [6.07, 6.45) is 5.46. The summed E-state index contributed by atoms with van der Waals surface area (Å²) in [7, 11) is 2.13. The van der Waals surface area contributed by atoms with Gasteiger partial charge in [0, 0.05) is 35.8 Å². The maximum atomic E-state index is 12.4. The fraction of sp³-hybridized carbons (Fsp3) is 0.321. The Morgan fingerprint density at radius 2 is 2.03 bits per heavy atom. The molecule has 8 nitrogen and oxygen atoms in total. The molecule has 1 N–H and O–H groups in total. The maximum absolute atomic E-state index is 12.4. The van der Waals surface area contributed by atoms with Crippen LogP contribution in [-0.4, -0.2) is 60.4 Å². The number of aromatic nitrogens is 2. The number of nitriles is 1. The van der Waals surface area contributed by atoms with Crippen molar-refractivity contribution in [3.63, 3.8) is 0 Å². The monoisotopic (exact) mass is 501 g/mol. The number of nitrogens with one attached hydrogen (secondary N) is 1. The molecule has 0 saturated carbocycles. The number of fused-ring (bicyclic) bond motifs is 2. The highest BCUT2D eigenvalue weighted by molar-refractivity contribution is 5.92. The molecular formula is C28H28FN5O3. The number of likely N-dealkylation sites (tertiary alicyclic amines) is 1. The zero-order valence-electron chi connectivity index (χ0n) is 20.6. The van der Waals surface area contributed by atoms with Crippen LogP contribution in [0.15, 0.2) is 54.9 Å². The summed E-state index contributed by atoms with van der Waals surface area (Å²) in [6, 6.07) is 14.3. The first-order chi connectivity index (χ1) is 18.1. The SMILES string of the molecule is CN1CCC(COc2cc3nccc(Oc4ccc5c(ccn5C(=O)NCCF)c4)c3cc2C#N)CC1. The van der Waals surface area contributed by atoms with Crippen LogP contribution >= 0.6 is 0 Å². The molecule has 0 bridgehead atoms. The summed E-state index contributed by atoms with van der Waals surface area (Å²) in [6.45, 7) is 2.03. The lowest BCUT2D eigenvalue weighted by atomic mass is 9.98. The number of pyridine rings is 1. The van der Waals surface area contributed by atoms with E-state index in [0.29, 0.717) is 51.8 Å². The van der Waals surface area contributed by atoms with Crippen LogP contribution in [0.25, 0.3) is 21.8 Å². The van der Waals surface area contributed by atoms with Crippen LogP contribution in [0.5, 0.6) is 17.2 Å². The van der Waals surface area contributed by atoms with Gasteiger partial charge in [-0.2, -0.15) is 5.26 Å². The summed E-state index contributed by atoms with van der Waals surface area (Å²) in [5, 5.41) is 13.8. The molecule has 2 aromatic heterocycles. The van der Waals surface area contributed by atoms with E-state index >= 15 is 0 Å². The van der Waals surface area contributed by atoms with E-state index in [4.69, 9.17) is 9.47 Å². The fourth-order valence-corrected chi connectivity index (χ4v) is 4.61. The van der Waals surface area contributed by atoms with Crippen LogP contribution in [0.4, 0.5) is 9.18 Å². The van der Waals surface area contributed by atoms with Gasteiger partial charge in [-0.15, -0.1) is 0 Å². The Labute approximate surface area is 214 Å². The van der Waals surface area contributed by atoms with Crippen LogP contribution < -0.4 is 14.8 Å². The quantitative estimate of drug-likeness (QED) is 0.379. The molecule has 0 radical (unpaired) electrons. The first-order valence-electron chi connectivity index (χ1n) is 12.3. The highest BCUT2D eigenvalue weighted by atomic mass is 19.1. The van der Waals surface area contributed by atoms with E-state index in [1.807, 2.05) is 6.07 Å². The van der Waals surface area contributed by atoms with Gasteiger partial charge in [0.15, 0.2) is 0 Å². The van der Waals surface area contributed by atoms with E-state index in [2.05, 4.69) is 28.3 Å². The van der Waals surface area contributed by atoms with Crippen molar-refractivity contribution in [2.45, 2.75) is 12.8 Å². The number of alkyl halides is 1. The Kier molecular flexibility index (Phi) is 7.19. The van der Waals surface area contributed by atoms with Crippen molar-refractivity contribution >= 4 is 27.8 Å². The lowest BCUT2D eigenvalue weighted by molar-refractivity contribution is 0.160. The standard InChI is InChI=1S/C28H28FN5O3/c1-33-11-5-19(6-12-33)18-36-27-16-24-23(15-21(27)17-30)26(4-9-31-24)37-22-2-3-25-20(14-22)7-13-34(25)28(35)32-10-8-29/h2-4,7,9,13-16,19H,5-6,8,10-12,18H2,1H3,(H,32,35). The number of piperidine rings is 1. The summed E-state index contributed by atoms with van der Waals surface area (Å²) < 4.78 is 26.1. The van der Waals surface area contributed by atoms with Gasteiger partial charge in [0.1, 0.15) is 30.0 Å². The van der Waals surface area contributed by atoms with Gasteiger partial charge in [-0.05, 0) is 75.3 Å². The molecule has 4 aromatic rings. The predicted octanol–water partition coefficient (Wildman–Crippen LogP) is 5.10. The third kappa shape index (κ3) is 5.34. The van der Waals surface area contributed by atoms with Gasteiger partial charge < -0.3 is 19.7 Å². The molecule has 37 heavy (non-hydrogen) atoms. The number of halogens is 1. The molecule has 0 atom stereocenters. The molecule has 1 aliphatic heterocycles. The van der Waals surface area contributed by atoms with Gasteiger partial charge in [-0.25, -0.2) is 9.18 Å². The second kappa shape index (κ2) is 10.8. The number of amides is 1. The van der Waals surface area contributed by atoms with Gasteiger partial charge >= 0.3 is 6.03 Å². The zero-order chi connectivity index (χ0) is 25.8. The molecule has 1 saturated heterocycles. The van der Waals surface area contributed by atoms with Gasteiger partial charge in [0.2, 0.25) is 0 Å². The Bertz CT molecular complexity index is 1470. The highest BCUT2D eigenvalue weighted by Gasteiger charge is 2.19. The lowest BCUT2D eigenvalue weighted by Crippen LogP contribution is -2.32. The van der Waals surface area contributed by atoms with Gasteiger partial charge in [0.05, 0.1) is 23.2 Å². The van der Waals surface area contributed by atoms with Crippen molar-refractivity contribution in [3.8, 4) is 23.3 Å². The highest BCUT2D eigenvalue weighted by Crippen LogP contribution is 2.34. The number of benzene rings is 2. The Morgan fingerprint density at radius 3 is 2.81 bits per heavy atom. The number of nitrogens with zero attached hydrogens (tertiary/aromatic N) is 4. The molecule has 2 aromatic carbocycles. The molecule has 9 heteroatoms. The third-order valence-corrected chi connectivity index (χ3v) is 6.72. The van der Waals surface area contributed by atoms with E-state index in [-0.39, 0.29) is 12.6 Å². The van der Waals surface area contributed by atoms with E-state index in [1.54, 1.807) is 48.8 Å². The molecule has 5 rings (SSSR count). The minimum absolute atomic E-state index is 0.0373. The van der Waals surface area contributed by atoms with E-state index in [9.17, 15) is 14.4 Å². The lowest BCUT2D eigenvalue weighted by Gasteiger charge is -2.28. The number of carbonyl (C=O) groups is 1. The minimum Gasteiger partial charge on any atom is -0.492 e. The van der Waals surface area contributed by atoms with Crippen molar-refractivity contribution in [1.29, 1.82) is 5.26 Å². The number of ether oxygens (including phenoxy) is 2. The number of hydrogen-bond donors (Lipinski definition) is 1. The smallest absolute Gasteiger partial charge is 0.326 e. The number of rotatable bonds is 7. The number of hydrogen-bond acceptors (Lipinski definition) is 6. The van der Waals surface area contributed by atoms with Crippen molar-refractivity contribution in [2.24, 2.45) is 5.92 Å². The van der Waals surface area contributed by atoms with Crippen molar-refractivity contribution in [3.05, 3.63) is 60.4 Å². The normalized spacial score (nSPS) is 14.5. The molecule has 3 heterocycles. The summed E-state index contributed by atoms with van der Waals surface area (Å²) in [5.41, 5.74) is 1.79. The van der Waals surface area contributed by atoms with Crippen LogP contribution in [-0.2, 0) is 0 Å². The van der Waals surface area contributed by atoms with Crippen LogP contribution in [0.1, 0.15) is 18.4 Å². The molecule has 0 unspecified atom stereocenters. The Morgan fingerprint density at radius 1 is 1.19 bits per heavy atom. The fourth-order valence-electron chi connectivity index (χ4n) is 4.61. The molecule has 0 aliphatic carbocycles. The first kappa shape index (κ1) is 24.5. The van der Waals surface area contributed by atoms with Crippen molar-refractivity contribution < 1.29 is 18.7 Å². The third-order valence-electron chi connectivity index (χ3n) is 6.72. The van der Waals surface area contributed by atoms with Crippen LogP contribution in [0.2, 0.25) is 0 Å². The summed E-state index contributed by atoms with van der Waals surface area (Å²) in [4.78, 5) is 19.0. The zero-order valence-corrected chi connectivity index (χ0v) is 20.6. The van der Waals surface area contributed by atoms with Gasteiger partial charge in [-0.3, -0.25) is 9.55 Å². The Balaban J connectivity index is 1.37. The van der Waals surface area contributed by atoms with Crippen LogP contribution in [0.3, 0.4) is 0 Å².